The molecule has 1 N–H and O–H groups in total. The van der Waals surface area contributed by atoms with Crippen LogP contribution in [0.4, 0.5) is 5.69 Å². The van der Waals surface area contributed by atoms with Crippen LogP contribution in [-0.2, 0) is 4.79 Å². The number of carbonyl (C=O) groups excluding carboxylic acids is 2. The minimum absolute atomic E-state index is 0.00414. The smallest absolute Gasteiger partial charge is 0.254 e. The first kappa shape index (κ1) is 22.6. The lowest BCUT2D eigenvalue weighted by Crippen LogP contribution is -2.38. The van der Waals surface area contributed by atoms with Gasteiger partial charge in [-0.2, -0.15) is 5.10 Å². The molecule has 7 heteroatoms. The molecule has 31 heavy (non-hydrogen) atoms. The minimum atomic E-state index is -0.218. The summed E-state index contributed by atoms with van der Waals surface area (Å²) in [5.41, 5.74) is 4.68. The van der Waals surface area contributed by atoms with Crippen LogP contribution in [0, 0.1) is 20.8 Å². The second kappa shape index (κ2) is 9.79. The Hall–Kier alpha value is -3.12. The van der Waals surface area contributed by atoms with Crippen molar-refractivity contribution in [3.63, 3.8) is 0 Å². The van der Waals surface area contributed by atoms with E-state index < -0.39 is 0 Å². The van der Waals surface area contributed by atoms with Crippen molar-refractivity contribution in [1.82, 2.24) is 14.7 Å². The van der Waals surface area contributed by atoms with Crippen LogP contribution in [0.5, 0.6) is 0 Å². The van der Waals surface area contributed by atoms with Crippen LogP contribution in [0.15, 0.2) is 48.5 Å². The number of aromatic nitrogens is 2. The van der Waals surface area contributed by atoms with Gasteiger partial charge in [0.15, 0.2) is 0 Å². The molecule has 0 aliphatic heterocycles. The van der Waals surface area contributed by atoms with Crippen LogP contribution in [0.2, 0.25) is 5.02 Å². The van der Waals surface area contributed by atoms with Gasteiger partial charge < -0.3 is 10.2 Å². The molecule has 0 radical (unpaired) electrons. The number of hydrogen-bond acceptors (Lipinski definition) is 3. The second-order valence-corrected chi connectivity index (χ2v) is 7.91. The van der Waals surface area contributed by atoms with E-state index in [1.54, 1.807) is 21.7 Å². The average Bonchev–Trinajstić information content (AvgIpc) is 3.02. The van der Waals surface area contributed by atoms with Gasteiger partial charge in [0.2, 0.25) is 5.91 Å². The highest BCUT2D eigenvalue weighted by molar-refractivity contribution is 6.31. The number of halogens is 1. The molecule has 2 aromatic carbocycles. The van der Waals surface area contributed by atoms with Crippen LogP contribution in [0.25, 0.3) is 5.69 Å². The highest BCUT2D eigenvalue weighted by Gasteiger charge is 2.19. The number of amides is 2. The van der Waals surface area contributed by atoms with Crippen LogP contribution < -0.4 is 5.32 Å². The third kappa shape index (κ3) is 5.14. The van der Waals surface area contributed by atoms with Gasteiger partial charge in [0, 0.05) is 17.8 Å². The zero-order valence-corrected chi connectivity index (χ0v) is 19.0. The lowest BCUT2D eigenvalue weighted by molar-refractivity contribution is -0.116. The summed E-state index contributed by atoms with van der Waals surface area (Å²) in [5.74, 6) is -0.398. The first-order valence-electron chi connectivity index (χ1n) is 10.3. The number of benzene rings is 2. The first-order chi connectivity index (χ1) is 14.8. The molecule has 0 saturated heterocycles. The number of carbonyl (C=O) groups is 2. The summed E-state index contributed by atoms with van der Waals surface area (Å²) in [5, 5.41) is 7.97. The fraction of sp³-hybridized carbons (Fsp3) is 0.292. The Bertz CT molecular complexity index is 1090. The van der Waals surface area contributed by atoms with E-state index in [9.17, 15) is 9.59 Å². The molecule has 0 aliphatic carbocycles. The van der Waals surface area contributed by atoms with E-state index >= 15 is 0 Å². The van der Waals surface area contributed by atoms with E-state index in [4.69, 9.17) is 11.6 Å². The zero-order valence-electron chi connectivity index (χ0n) is 18.3. The Balaban J connectivity index is 1.74. The maximum atomic E-state index is 13.1. The summed E-state index contributed by atoms with van der Waals surface area (Å²) >= 11 is 6.24. The van der Waals surface area contributed by atoms with Gasteiger partial charge in [-0.25, -0.2) is 4.68 Å². The summed E-state index contributed by atoms with van der Waals surface area (Å²) in [6, 6.07) is 14.7. The van der Waals surface area contributed by atoms with Crippen molar-refractivity contribution in [2.24, 2.45) is 0 Å². The quantitative estimate of drug-likeness (QED) is 0.568. The van der Waals surface area contributed by atoms with Crippen LogP contribution in [-0.4, -0.2) is 39.6 Å². The molecule has 0 bridgehead atoms. The molecule has 1 heterocycles. The summed E-state index contributed by atoms with van der Waals surface area (Å²) in [4.78, 5) is 27.2. The molecule has 3 aromatic rings. The molecule has 3 rings (SSSR count). The van der Waals surface area contributed by atoms with Crippen molar-refractivity contribution >= 4 is 29.1 Å². The van der Waals surface area contributed by atoms with Crippen molar-refractivity contribution in [3.8, 4) is 5.69 Å². The molecule has 0 saturated carbocycles. The maximum absolute atomic E-state index is 13.1. The number of rotatable bonds is 7. The fourth-order valence-electron chi connectivity index (χ4n) is 3.40. The predicted octanol–water partition coefficient (Wildman–Crippen LogP) is 4.94. The summed E-state index contributed by atoms with van der Waals surface area (Å²) in [6.07, 6.45) is 0.756. The van der Waals surface area contributed by atoms with Gasteiger partial charge in [-0.3, -0.25) is 9.59 Å². The molecule has 1 aromatic heterocycles. The van der Waals surface area contributed by atoms with Crippen LogP contribution in [0.1, 0.15) is 40.7 Å². The van der Waals surface area contributed by atoms with Gasteiger partial charge >= 0.3 is 0 Å². The normalized spacial score (nSPS) is 10.7. The molecule has 0 atom stereocenters. The van der Waals surface area contributed by atoms with Crippen molar-refractivity contribution < 1.29 is 9.59 Å². The average molecular weight is 439 g/mol. The zero-order chi connectivity index (χ0) is 22.5. The molecule has 0 aliphatic rings. The Morgan fingerprint density at radius 3 is 2.32 bits per heavy atom. The van der Waals surface area contributed by atoms with Crippen molar-refractivity contribution in [1.29, 1.82) is 0 Å². The SMILES string of the molecule is CCCN(CC(=O)Nc1ccccc1C)C(=O)c1ccc(-n2nc(C)c(Cl)c2C)cc1. The fourth-order valence-corrected chi connectivity index (χ4v) is 3.52. The third-order valence-corrected chi connectivity index (χ3v) is 5.64. The topological polar surface area (TPSA) is 67.2 Å². The summed E-state index contributed by atoms with van der Waals surface area (Å²) in [7, 11) is 0. The standard InChI is InChI=1S/C24H27ClN4O2/c1-5-14-28(15-22(30)26-21-9-7-6-8-16(21)2)24(31)19-10-12-20(13-11-19)29-18(4)23(25)17(3)27-29/h6-13H,5,14-15H2,1-4H3,(H,26,30). The van der Waals surface area contributed by atoms with E-state index in [-0.39, 0.29) is 18.4 Å². The summed E-state index contributed by atoms with van der Waals surface area (Å²) in [6.45, 7) is 8.16. The number of para-hydroxylation sites is 1. The largest absolute Gasteiger partial charge is 0.329 e. The van der Waals surface area contributed by atoms with Crippen LogP contribution in [0.3, 0.4) is 0 Å². The van der Waals surface area contributed by atoms with Gasteiger partial charge in [0.1, 0.15) is 6.54 Å². The van der Waals surface area contributed by atoms with Crippen LogP contribution >= 0.6 is 11.6 Å². The predicted molar refractivity (Wildman–Crippen MR) is 124 cm³/mol. The minimum Gasteiger partial charge on any atom is -0.329 e. The molecule has 0 spiro atoms. The third-order valence-electron chi connectivity index (χ3n) is 5.10. The number of nitrogens with one attached hydrogen (secondary N) is 1. The Kier molecular flexibility index (Phi) is 7.13. The van der Waals surface area contributed by atoms with E-state index in [0.29, 0.717) is 17.1 Å². The van der Waals surface area contributed by atoms with Gasteiger partial charge in [-0.15, -0.1) is 0 Å². The Labute approximate surface area is 187 Å². The Morgan fingerprint density at radius 1 is 1.06 bits per heavy atom. The molecular weight excluding hydrogens is 412 g/mol. The number of anilines is 1. The van der Waals surface area contributed by atoms with Gasteiger partial charge in [-0.1, -0.05) is 36.7 Å². The van der Waals surface area contributed by atoms with Gasteiger partial charge in [0.05, 0.1) is 22.1 Å². The lowest BCUT2D eigenvalue weighted by atomic mass is 10.1. The summed E-state index contributed by atoms with van der Waals surface area (Å²) < 4.78 is 1.76. The van der Waals surface area contributed by atoms with E-state index in [1.807, 2.05) is 64.1 Å². The molecule has 6 nitrogen and oxygen atoms in total. The van der Waals surface area contributed by atoms with Crippen molar-refractivity contribution in [2.75, 3.05) is 18.4 Å². The highest BCUT2D eigenvalue weighted by Crippen LogP contribution is 2.22. The Morgan fingerprint density at radius 2 is 1.74 bits per heavy atom. The van der Waals surface area contributed by atoms with E-state index in [2.05, 4.69) is 10.4 Å². The van der Waals surface area contributed by atoms with E-state index in [1.165, 1.54) is 0 Å². The monoisotopic (exact) mass is 438 g/mol. The molecular formula is C24H27ClN4O2. The molecule has 2 amide bonds. The molecule has 162 valence electrons. The van der Waals surface area contributed by atoms with E-state index in [0.717, 1.165) is 34.7 Å². The number of aryl methyl sites for hydroxylation is 2. The molecule has 0 fully saturated rings. The number of nitrogens with zero attached hydrogens (tertiary/aromatic N) is 3. The van der Waals surface area contributed by atoms with Crippen molar-refractivity contribution in [2.45, 2.75) is 34.1 Å². The first-order valence-corrected chi connectivity index (χ1v) is 10.7. The van der Waals surface area contributed by atoms with Gasteiger partial charge in [-0.05, 0) is 63.1 Å². The van der Waals surface area contributed by atoms with Gasteiger partial charge in [0.25, 0.3) is 5.91 Å². The highest BCUT2D eigenvalue weighted by atomic mass is 35.5. The number of hydrogen-bond donors (Lipinski definition) is 1. The molecule has 0 unspecified atom stereocenters. The van der Waals surface area contributed by atoms with Crippen molar-refractivity contribution in [3.05, 3.63) is 76.1 Å². The maximum Gasteiger partial charge on any atom is 0.254 e. The lowest BCUT2D eigenvalue weighted by Gasteiger charge is -2.22. The second-order valence-electron chi connectivity index (χ2n) is 7.53.